The smallest absolute Gasteiger partial charge is 0.294 e. The van der Waals surface area contributed by atoms with Gasteiger partial charge < -0.3 is 15.7 Å². The van der Waals surface area contributed by atoms with Crippen molar-refractivity contribution in [1.29, 1.82) is 0 Å². The van der Waals surface area contributed by atoms with E-state index in [1.54, 1.807) is 37.3 Å². The van der Waals surface area contributed by atoms with E-state index in [9.17, 15) is 40.6 Å². The molecule has 3 unspecified atom stereocenters. The number of hydrogen-bond acceptors (Lipinski definition) is 9. The molecule has 2 aromatic carbocycles. The second kappa shape index (κ2) is 16.5. The summed E-state index contributed by atoms with van der Waals surface area (Å²) < 4.78 is 70.6. The summed E-state index contributed by atoms with van der Waals surface area (Å²) in [5.41, 5.74) is 0.302. The molecule has 0 radical (unpaired) electrons. The SMILES string of the molecule is CCCCCC(O)ON1\C2=C/C=C/C=C/C3=[N+](c4ccc(S(=O)(=O)O)cc4C3(C)C)C(CCCC)C(=O)NCCNC(=O)C2(C)c2cc(S(=O)(=O)O)ccc21. The molecule has 2 amide bonds. The lowest BCUT2D eigenvalue weighted by Gasteiger charge is -2.29. The zero-order chi connectivity index (χ0) is 40.3. The Bertz CT molecular complexity index is 2180. The number of carbonyl (C=O) groups excluding carboxylic acids is 2. The number of hydroxylamine groups is 1. The number of rotatable bonds is 11. The van der Waals surface area contributed by atoms with Crippen molar-refractivity contribution in [2.24, 2.45) is 0 Å². The van der Waals surface area contributed by atoms with Crippen LogP contribution in [0.15, 0.2) is 82.3 Å². The normalized spacial score (nSPS) is 24.1. The average molecular weight is 800 g/mol. The standard InChI is InChI=1S/C39H50N4O10S2/c1-6-8-11-17-35(44)53-43-31-21-19-27(55(50,51)52)25-29(31)39(5)34(43)16-13-10-12-15-33-38(3,4)28-24-26(54(47,48)49)18-20-30(28)42(33)32(14-9-7-2)36(45)40-22-23-41-37(39)46/h10,12-13,15-16,18-21,24-25,32,35,44H,6-9,11,14,17,22-23H2,1-5H3,(H3-,40,41,45,46,47,48,49,50,51,52)/p+1. The van der Waals surface area contributed by atoms with Crippen LogP contribution in [0, 0.1) is 0 Å². The molecule has 0 spiro atoms. The van der Waals surface area contributed by atoms with E-state index in [2.05, 4.69) is 10.6 Å². The second-order valence-corrected chi connectivity index (χ2v) is 17.5. The molecule has 0 bridgehead atoms. The van der Waals surface area contributed by atoms with Gasteiger partial charge >= 0.3 is 0 Å². The highest BCUT2D eigenvalue weighted by molar-refractivity contribution is 7.86. The number of carbonyl (C=O) groups is 2. The molecule has 0 aliphatic carbocycles. The molecule has 3 aliphatic rings. The van der Waals surface area contributed by atoms with Crippen LogP contribution >= 0.6 is 0 Å². The highest BCUT2D eigenvalue weighted by atomic mass is 32.2. The number of hydrogen-bond donors (Lipinski definition) is 5. The van der Waals surface area contributed by atoms with Crippen molar-refractivity contribution in [1.82, 2.24) is 10.6 Å². The van der Waals surface area contributed by atoms with Gasteiger partial charge in [-0.05, 0) is 70.0 Å². The van der Waals surface area contributed by atoms with E-state index in [4.69, 9.17) is 4.84 Å². The summed E-state index contributed by atoms with van der Waals surface area (Å²) in [5, 5.41) is 18.1. The van der Waals surface area contributed by atoms with Gasteiger partial charge in [0.25, 0.3) is 26.1 Å². The molecule has 2 aromatic rings. The van der Waals surface area contributed by atoms with Gasteiger partial charge in [0.05, 0.1) is 26.6 Å². The van der Waals surface area contributed by atoms with Crippen LogP contribution in [0.4, 0.5) is 11.4 Å². The summed E-state index contributed by atoms with van der Waals surface area (Å²) >= 11 is 0. The number of benzene rings is 2. The lowest BCUT2D eigenvalue weighted by atomic mass is 9.80. The fourth-order valence-corrected chi connectivity index (χ4v) is 8.44. The fourth-order valence-electron chi connectivity index (χ4n) is 7.42. The highest BCUT2D eigenvalue weighted by Crippen LogP contribution is 2.50. The topological polar surface area (TPSA) is 203 Å². The zero-order valence-corrected chi connectivity index (χ0v) is 33.4. The summed E-state index contributed by atoms with van der Waals surface area (Å²) in [7, 11) is -9.17. The number of nitrogens with one attached hydrogen (secondary N) is 2. The van der Waals surface area contributed by atoms with Gasteiger partial charge in [-0.2, -0.15) is 21.4 Å². The van der Waals surface area contributed by atoms with Gasteiger partial charge in [0, 0.05) is 49.2 Å². The molecule has 16 heteroatoms. The number of nitrogens with zero attached hydrogens (tertiary/aromatic N) is 2. The van der Waals surface area contributed by atoms with E-state index >= 15 is 0 Å². The Morgan fingerprint density at radius 2 is 1.51 bits per heavy atom. The molecule has 3 heterocycles. The first-order valence-corrected chi connectivity index (χ1v) is 21.4. The van der Waals surface area contributed by atoms with Crippen LogP contribution < -0.4 is 15.7 Å². The van der Waals surface area contributed by atoms with E-state index in [1.807, 2.05) is 38.3 Å². The predicted octanol–water partition coefficient (Wildman–Crippen LogP) is 4.97. The molecular weight excluding hydrogens is 749 g/mol. The number of allylic oxidation sites excluding steroid dienone is 5. The van der Waals surface area contributed by atoms with Crippen LogP contribution in [0.3, 0.4) is 0 Å². The van der Waals surface area contributed by atoms with Crippen molar-refractivity contribution >= 4 is 49.1 Å². The minimum Gasteiger partial charge on any atom is -0.366 e. The van der Waals surface area contributed by atoms with Crippen LogP contribution in [0.1, 0.15) is 90.7 Å². The summed E-state index contributed by atoms with van der Waals surface area (Å²) in [4.78, 5) is 33.7. The third-order valence-corrected chi connectivity index (χ3v) is 12.2. The molecule has 3 aliphatic heterocycles. The van der Waals surface area contributed by atoms with Crippen LogP contribution in [-0.4, -0.2) is 78.6 Å². The number of aliphatic hydroxyl groups excluding tert-OH is 1. The zero-order valence-electron chi connectivity index (χ0n) is 31.8. The summed E-state index contributed by atoms with van der Waals surface area (Å²) in [5.74, 6) is -0.862. The number of fused-ring (bicyclic) bond motifs is 5. The first-order valence-electron chi connectivity index (χ1n) is 18.5. The fraction of sp³-hybridized carbons (Fsp3) is 0.462. The van der Waals surface area contributed by atoms with E-state index in [1.165, 1.54) is 35.4 Å². The molecule has 0 aromatic heterocycles. The maximum absolute atomic E-state index is 14.3. The Hall–Kier alpha value is -4.19. The molecule has 0 saturated carbocycles. The maximum Gasteiger partial charge on any atom is 0.294 e. The minimum atomic E-state index is -4.66. The second-order valence-electron chi connectivity index (χ2n) is 14.7. The molecule has 55 heavy (non-hydrogen) atoms. The van der Waals surface area contributed by atoms with Crippen molar-refractivity contribution < 1.29 is 50.0 Å². The Morgan fingerprint density at radius 1 is 0.873 bits per heavy atom. The first-order chi connectivity index (χ1) is 25.9. The highest BCUT2D eigenvalue weighted by Gasteiger charge is 2.52. The molecule has 3 atom stereocenters. The van der Waals surface area contributed by atoms with Gasteiger partial charge in [0.1, 0.15) is 5.41 Å². The molecule has 14 nitrogen and oxygen atoms in total. The van der Waals surface area contributed by atoms with Crippen molar-refractivity contribution in [3.05, 3.63) is 83.6 Å². The third kappa shape index (κ3) is 8.49. The van der Waals surface area contributed by atoms with E-state index in [-0.39, 0.29) is 35.2 Å². The van der Waals surface area contributed by atoms with Crippen molar-refractivity contribution in [3.63, 3.8) is 0 Å². The lowest BCUT2D eigenvalue weighted by Crippen LogP contribution is -2.48. The van der Waals surface area contributed by atoms with E-state index in [0.717, 1.165) is 19.3 Å². The third-order valence-electron chi connectivity index (χ3n) is 10.5. The van der Waals surface area contributed by atoms with Gasteiger partial charge in [-0.1, -0.05) is 51.3 Å². The predicted molar refractivity (Wildman–Crippen MR) is 207 cm³/mol. The number of amides is 2. The number of aliphatic hydroxyl groups is 1. The molecule has 0 saturated heterocycles. The summed E-state index contributed by atoms with van der Waals surface area (Å²) in [6.07, 6.45) is 12.1. The monoisotopic (exact) mass is 799 g/mol. The summed E-state index contributed by atoms with van der Waals surface area (Å²) in [6.45, 7) is 9.49. The van der Waals surface area contributed by atoms with Crippen molar-refractivity contribution in [2.75, 3.05) is 18.2 Å². The Morgan fingerprint density at radius 3 is 2.16 bits per heavy atom. The van der Waals surface area contributed by atoms with Crippen LogP contribution in [0.5, 0.6) is 0 Å². The van der Waals surface area contributed by atoms with Gasteiger partial charge in [0.15, 0.2) is 12.0 Å². The van der Waals surface area contributed by atoms with Crippen molar-refractivity contribution in [2.45, 2.75) is 113 Å². The largest absolute Gasteiger partial charge is 0.366 e. The van der Waals surface area contributed by atoms with Crippen molar-refractivity contribution in [3.8, 4) is 0 Å². The molecule has 0 fully saturated rings. The van der Waals surface area contributed by atoms with Crippen LogP contribution in [-0.2, 0) is 45.5 Å². The van der Waals surface area contributed by atoms with Gasteiger partial charge in [-0.15, -0.1) is 0 Å². The average Bonchev–Trinajstić information content (AvgIpc) is 3.48. The minimum absolute atomic E-state index is 0.00607. The molecular formula is C39H51N4O10S2+. The summed E-state index contributed by atoms with van der Waals surface area (Å²) in [6, 6.07) is 7.46. The molecule has 5 N–H and O–H groups in total. The van der Waals surface area contributed by atoms with Gasteiger partial charge in [0.2, 0.25) is 17.6 Å². The Labute approximate surface area is 323 Å². The Kier molecular flexibility index (Phi) is 12.6. The molecule has 298 valence electrons. The lowest BCUT2D eigenvalue weighted by molar-refractivity contribution is -0.468. The number of anilines is 1. The first kappa shape index (κ1) is 42.0. The van der Waals surface area contributed by atoms with E-state index in [0.29, 0.717) is 48.3 Å². The number of unbranched alkanes of at least 4 members (excludes halogenated alkanes) is 3. The van der Waals surface area contributed by atoms with Gasteiger partial charge in [-0.25, -0.2) is 9.90 Å². The van der Waals surface area contributed by atoms with Gasteiger partial charge in [-0.3, -0.25) is 18.7 Å². The maximum atomic E-state index is 14.3. The Balaban J connectivity index is 1.66. The van der Waals surface area contributed by atoms with Crippen LogP contribution in [0.2, 0.25) is 0 Å². The quantitative estimate of drug-likeness (QED) is 0.0890. The van der Waals surface area contributed by atoms with E-state index < -0.39 is 54.2 Å². The molecule has 5 rings (SSSR count). The van der Waals surface area contributed by atoms with Crippen LogP contribution in [0.25, 0.3) is 0 Å².